The summed E-state index contributed by atoms with van der Waals surface area (Å²) in [5.41, 5.74) is 0. The van der Waals surface area contributed by atoms with Gasteiger partial charge in [-0.3, -0.25) is 14.2 Å². The van der Waals surface area contributed by atoms with Crippen molar-refractivity contribution in [1.82, 2.24) is 0 Å². The summed E-state index contributed by atoms with van der Waals surface area (Å²) < 4.78 is 33.7. The Morgan fingerprint density at radius 3 is 1.60 bits per heavy atom. The summed E-state index contributed by atoms with van der Waals surface area (Å²) in [5.74, 6) is -0.903. The van der Waals surface area contributed by atoms with Crippen molar-refractivity contribution in [3.8, 4) is 0 Å². The maximum absolute atomic E-state index is 12.6. The van der Waals surface area contributed by atoms with Crippen molar-refractivity contribution in [3.63, 3.8) is 0 Å². The van der Waals surface area contributed by atoms with E-state index in [1.54, 1.807) is 0 Å². The van der Waals surface area contributed by atoms with Gasteiger partial charge < -0.3 is 27.9 Å². The molecule has 0 aliphatic rings. The topological polar surface area (TPSA) is 111 Å². The summed E-state index contributed by atoms with van der Waals surface area (Å²) >= 11 is 0. The first kappa shape index (κ1) is 50.0. The van der Waals surface area contributed by atoms with Crippen molar-refractivity contribution in [2.75, 3.05) is 47.5 Å². The molecule has 0 amide bonds. The minimum Gasteiger partial charge on any atom is -0.756 e. The van der Waals surface area contributed by atoms with Gasteiger partial charge >= 0.3 is 11.9 Å². The molecule has 2 unspecified atom stereocenters. The van der Waals surface area contributed by atoms with Crippen LogP contribution < -0.4 is 4.89 Å². The van der Waals surface area contributed by atoms with Gasteiger partial charge in [-0.15, -0.1) is 0 Å². The Hall–Kier alpha value is -2.03. The maximum atomic E-state index is 12.6. The molecule has 0 N–H and O–H groups in total. The molecule has 52 heavy (non-hydrogen) atoms. The van der Waals surface area contributed by atoms with Crippen LogP contribution in [0.2, 0.25) is 0 Å². The molecular formula is C42H76NO8P. The van der Waals surface area contributed by atoms with Crippen LogP contribution in [0, 0.1) is 0 Å². The molecule has 0 saturated carbocycles. The number of rotatable bonds is 36. The van der Waals surface area contributed by atoms with Crippen LogP contribution in [-0.4, -0.2) is 70.0 Å². The Kier molecular flexibility index (Phi) is 33.4. The maximum Gasteiger partial charge on any atom is 0.306 e. The molecule has 0 rings (SSSR count). The number of unbranched alkanes of at least 4 members (excludes halogenated alkanes) is 14. The highest BCUT2D eigenvalue weighted by atomic mass is 31.2. The fourth-order valence-corrected chi connectivity index (χ4v) is 5.84. The van der Waals surface area contributed by atoms with Gasteiger partial charge in [0.2, 0.25) is 0 Å². The van der Waals surface area contributed by atoms with E-state index in [0.29, 0.717) is 23.9 Å². The largest absolute Gasteiger partial charge is 0.756 e. The molecule has 0 saturated heterocycles. The molecule has 0 aliphatic heterocycles. The number of carbonyl (C=O) groups excluding carboxylic acids is 2. The third-order valence-electron chi connectivity index (χ3n) is 8.35. The van der Waals surface area contributed by atoms with Crippen LogP contribution >= 0.6 is 7.82 Å². The first-order valence-electron chi connectivity index (χ1n) is 20.3. The van der Waals surface area contributed by atoms with E-state index in [9.17, 15) is 19.0 Å². The van der Waals surface area contributed by atoms with Gasteiger partial charge in [0, 0.05) is 12.8 Å². The lowest BCUT2D eigenvalue weighted by atomic mass is 10.1. The van der Waals surface area contributed by atoms with Crippen LogP contribution in [0.4, 0.5) is 0 Å². The first-order chi connectivity index (χ1) is 25.0. The van der Waals surface area contributed by atoms with Gasteiger partial charge in [0.1, 0.15) is 19.8 Å². The molecule has 0 radical (unpaired) electrons. The zero-order valence-corrected chi connectivity index (χ0v) is 34.6. The molecule has 302 valence electrons. The Morgan fingerprint density at radius 1 is 0.596 bits per heavy atom. The Bertz CT molecular complexity index is 1030. The molecule has 0 aliphatic carbocycles. The normalized spacial score (nSPS) is 14.2. The fourth-order valence-electron chi connectivity index (χ4n) is 5.12. The number of likely N-dealkylation sites (N-methyl/N-ethyl adjacent to an activating group) is 1. The van der Waals surface area contributed by atoms with Gasteiger partial charge in [-0.2, -0.15) is 0 Å². The predicted octanol–water partition coefficient (Wildman–Crippen LogP) is 10.5. The third-order valence-corrected chi connectivity index (χ3v) is 9.32. The van der Waals surface area contributed by atoms with Crippen LogP contribution in [-0.2, 0) is 32.7 Å². The number of quaternary nitrogens is 1. The van der Waals surface area contributed by atoms with E-state index in [1.807, 2.05) is 27.2 Å². The van der Waals surface area contributed by atoms with Crippen molar-refractivity contribution >= 4 is 19.8 Å². The van der Waals surface area contributed by atoms with Crippen LogP contribution in [0.25, 0.3) is 0 Å². The predicted molar refractivity (Wildman–Crippen MR) is 213 cm³/mol. The smallest absolute Gasteiger partial charge is 0.306 e. The number of phosphoric ester groups is 1. The van der Waals surface area contributed by atoms with Crippen molar-refractivity contribution < 1.29 is 42.1 Å². The van der Waals surface area contributed by atoms with E-state index in [2.05, 4.69) is 56.4 Å². The number of ether oxygens (including phenoxy) is 2. The van der Waals surface area contributed by atoms with E-state index >= 15 is 0 Å². The van der Waals surface area contributed by atoms with Crippen LogP contribution in [0.3, 0.4) is 0 Å². The standard InChI is InChI=1S/C42H76NO8P/c1-6-8-10-12-14-16-18-19-20-21-22-23-25-27-29-31-33-35-42(45)51-40(39-50-52(46,47)49-37-36-43(3,4)5)38-48-41(44)34-32-30-28-26-24-17-15-13-11-9-7-2/h14,16,19-20,22-23,27,29,40H,6-13,15,17-18,21,24-26,28,30-39H2,1-5H3/b16-14-,20-19-,23-22-,29-27-. The average molecular weight is 754 g/mol. The van der Waals surface area contributed by atoms with Gasteiger partial charge in [0.05, 0.1) is 27.7 Å². The molecule has 10 heteroatoms. The Labute approximate surface area is 318 Å². The molecule has 2 atom stereocenters. The fraction of sp³-hybridized carbons (Fsp3) is 0.762. The Balaban J connectivity index is 4.52. The number of esters is 2. The summed E-state index contributed by atoms with van der Waals surface area (Å²) in [6.07, 6.45) is 38.6. The second-order valence-corrected chi connectivity index (χ2v) is 16.1. The van der Waals surface area contributed by atoms with Gasteiger partial charge in [-0.25, -0.2) is 0 Å². The minimum absolute atomic E-state index is 0.0415. The Morgan fingerprint density at radius 2 is 1.06 bits per heavy atom. The van der Waals surface area contributed by atoms with Crippen molar-refractivity contribution in [3.05, 3.63) is 48.6 Å². The number of hydrogen-bond donors (Lipinski definition) is 0. The third kappa shape index (κ3) is 37.7. The quantitative estimate of drug-likeness (QED) is 0.0204. The molecule has 0 aromatic carbocycles. The highest BCUT2D eigenvalue weighted by Gasteiger charge is 2.21. The molecular weight excluding hydrogens is 677 g/mol. The molecule has 0 fully saturated rings. The van der Waals surface area contributed by atoms with Crippen molar-refractivity contribution in [2.45, 2.75) is 161 Å². The van der Waals surface area contributed by atoms with Gasteiger partial charge in [0.25, 0.3) is 7.82 Å². The lowest BCUT2D eigenvalue weighted by Gasteiger charge is -2.28. The van der Waals surface area contributed by atoms with E-state index in [4.69, 9.17) is 18.5 Å². The second kappa shape index (κ2) is 34.7. The average Bonchev–Trinajstić information content (AvgIpc) is 3.09. The number of phosphoric acid groups is 1. The van der Waals surface area contributed by atoms with Crippen molar-refractivity contribution in [2.24, 2.45) is 0 Å². The molecule has 0 spiro atoms. The number of nitrogens with zero attached hydrogens (tertiary/aromatic N) is 1. The number of hydrogen-bond acceptors (Lipinski definition) is 8. The minimum atomic E-state index is -4.63. The van der Waals surface area contributed by atoms with E-state index in [-0.39, 0.29) is 26.1 Å². The number of carbonyl (C=O) groups is 2. The lowest BCUT2D eigenvalue weighted by molar-refractivity contribution is -0.870. The van der Waals surface area contributed by atoms with Gasteiger partial charge in [-0.05, 0) is 51.4 Å². The van der Waals surface area contributed by atoms with E-state index in [0.717, 1.165) is 38.5 Å². The highest BCUT2D eigenvalue weighted by Crippen LogP contribution is 2.38. The summed E-state index contributed by atoms with van der Waals surface area (Å²) in [6, 6.07) is 0. The molecule has 0 aromatic rings. The molecule has 9 nitrogen and oxygen atoms in total. The summed E-state index contributed by atoms with van der Waals surface area (Å²) in [6.45, 7) is 4.11. The lowest BCUT2D eigenvalue weighted by Crippen LogP contribution is -2.37. The summed E-state index contributed by atoms with van der Waals surface area (Å²) in [5, 5.41) is 0. The van der Waals surface area contributed by atoms with Crippen LogP contribution in [0.5, 0.6) is 0 Å². The van der Waals surface area contributed by atoms with Crippen molar-refractivity contribution in [1.29, 1.82) is 0 Å². The van der Waals surface area contributed by atoms with Gasteiger partial charge in [0.15, 0.2) is 6.10 Å². The monoisotopic (exact) mass is 754 g/mol. The summed E-state index contributed by atoms with van der Waals surface area (Å²) in [4.78, 5) is 37.3. The number of allylic oxidation sites excluding steroid dienone is 8. The second-order valence-electron chi connectivity index (χ2n) is 14.7. The van der Waals surface area contributed by atoms with Crippen LogP contribution in [0.1, 0.15) is 155 Å². The molecule has 0 bridgehead atoms. The zero-order valence-electron chi connectivity index (χ0n) is 33.7. The molecule has 0 aromatic heterocycles. The first-order valence-corrected chi connectivity index (χ1v) is 21.8. The highest BCUT2D eigenvalue weighted by molar-refractivity contribution is 7.45. The van der Waals surface area contributed by atoms with E-state index in [1.165, 1.54) is 77.0 Å². The van der Waals surface area contributed by atoms with Crippen LogP contribution in [0.15, 0.2) is 48.6 Å². The molecule has 0 heterocycles. The van der Waals surface area contributed by atoms with E-state index < -0.39 is 32.5 Å². The zero-order chi connectivity index (χ0) is 38.6. The summed E-state index contributed by atoms with van der Waals surface area (Å²) in [7, 11) is 1.13. The van der Waals surface area contributed by atoms with Gasteiger partial charge in [-0.1, -0.05) is 140 Å². The SMILES string of the molecule is CCCCC/C=C\C/C=C\C/C=C\C/C=C\CCCC(=O)OC(COC(=O)CCCCCCCCCCCCC)COP(=O)([O-])OCC[N+](C)(C)C.